The average molecular weight is 415 g/mol. The van der Waals surface area contributed by atoms with Gasteiger partial charge in [-0.1, -0.05) is 29.5 Å². The third kappa shape index (κ3) is 3.31. The summed E-state index contributed by atoms with van der Waals surface area (Å²) in [5.74, 6) is 1.76. The van der Waals surface area contributed by atoms with Gasteiger partial charge in [0, 0.05) is 11.6 Å². The van der Waals surface area contributed by atoms with Crippen LogP contribution < -0.4 is 21.1 Å². The predicted octanol–water partition coefficient (Wildman–Crippen LogP) is 4.71. The molecule has 0 saturated carbocycles. The Labute approximate surface area is 175 Å². The fraction of sp³-hybridized carbons (Fsp3) is 0.0476. The van der Waals surface area contributed by atoms with Crippen LogP contribution in [0.15, 0.2) is 61.1 Å². The monoisotopic (exact) mass is 415 g/mol. The zero-order chi connectivity index (χ0) is 20.5. The van der Waals surface area contributed by atoms with E-state index in [4.69, 9.17) is 10.5 Å². The molecular weight excluding hydrogens is 398 g/mol. The smallest absolute Gasteiger partial charge is 0.189 e. The van der Waals surface area contributed by atoms with Crippen LogP contribution in [0.4, 0.5) is 28.1 Å². The molecule has 3 heterocycles. The number of hydrogen-bond acceptors (Lipinski definition) is 9. The van der Waals surface area contributed by atoms with Crippen LogP contribution in [0.3, 0.4) is 0 Å². The Morgan fingerprint density at radius 3 is 2.67 bits per heavy atom. The molecule has 8 nitrogen and oxygen atoms in total. The first-order chi connectivity index (χ1) is 14.7. The number of fused-ring (bicyclic) bond motifs is 2. The van der Waals surface area contributed by atoms with E-state index >= 15 is 0 Å². The second-order valence-corrected chi connectivity index (χ2v) is 7.50. The molecule has 2 aromatic carbocycles. The lowest BCUT2D eigenvalue weighted by Crippen LogP contribution is -2.05. The molecule has 4 N–H and O–H groups in total. The third-order valence-corrected chi connectivity index (χ3v) is 5.52. The van der Waals surface area contributed by atoms with Gasteiger partial charge in [-0.3, -0.25) is 4.98 Å². The molecule has 5 aromatic rings. The molecule has 30 heavy (non-hydrogen) atoms. The van der Waals surface area contributed by atoms with Gasteiger partial charge in [0.1, 0.15) is 17.8 Å². The van der Waals surface area contributed by atoms with E-state index in [0.717, 1.165) is 32.6 Å². The summed E-state index contributed by atoms with van der Waals surface area (Å²) in [5, 5.41) is 8.18. The van der Waals surface area contributed by atoms with Gasteiger partial charge in [-0.25, -0.2) is 15.0 Å². The second kappa shape index (κ2) is 7.45. The summed E-state index contributed by atoms with van der Waals surface area (Å²) in [5.41, 5.74) is 9.27. The molecule has 0 fully saturated rings. The average Bonchev–Trinajstić information content (AvgIpc) is 3.18. The second-order valence-electron chi connectivity index (χ2n) is 6.47. The van der Waals surface area contributed by atoms with Crippen LogP contribution in [0.2, 0.25) is 0 Å². The van der Waals surface area contributed by atoms with E-state index in [0.29, 0.717) is 22.5 Å². The lowest BCUT2D eigenvalue weighted by molar-refractivity contribution is 0.415. The van der Waals surface area contributed by atoms with E-state index in [1.807, 2.05) is 48.5 Å². The van der Waals surface area contributed by atoms with E-state index in [9.17, 15) is 0 Å². The van der Waals surface area contributed by atoms with Crippen LogP contribution in [0.25, 0.3) is 21.1 Å². The van der Waals surface area contributed by atoms with Crippen molar-refractivity contribution in [3.8, 4) is 5.75 Å². The van der Waals surface area contributed by atoms with Crippen molar-refractivity contribution < 1.29 is 4.74 Å². The number of nitrogens with one attached hydrogen (secondary N) is 2. The number of nitrogens with zero attached hydrogens (tertiary/aromatic N) is 4. The first-order valence-corrected chi connectivity index (χ1v) is 9.96. The highest BCUT2D eigenvalue weighted by Gasteiger charge is 2.13. The van der Waals surface area contributed by atoms with Crippen LogP contribution in [-0.2, 0) is 0 Å². The summed E-state index contributed by atoms with van der Waals surface area (Å²) in [6.07, 6.45) is 3.21. The summed E-state index contributed by atoms with van der Waals surface area (Å²) < 4.78 is 6.28. The van der Waals surface area contributed by atoms with Gasteiger partial charge in [-0.05, 0) is 30.3 Å². The van der Waals surface area contributed by atoms with Gasteiger partial charge in [0.2, 0.25) is 0 Å². The van der Waals surface area contributed by atoms with Gasteiger partial charge >= 0.3 is 0 Å². The Kier molecular flexibility index (Phi) is 4.49. The summed E-state index contributed by atoms with van der Waals surface area (Å²) >= 11 is 1.49. The number of pyridine rings is 1. The minimum absolute atomic E-state index is 0.391. The zero-order valence-electron chi connectivity index (χ0n) is 16.0. The van der Waals surface area contributed by atoms with Gasteiger partial charge in [-0.15, -0.1) is 0 Å². The highest BCUT2D eigenvalue weighted by Crippen LogP contribution is 2.34. The van der Waals surface area contributed by atoms with E-state index in [-0.39, 0.29) is 0 Å². The van der Waals surface area contributed by atoms with Crippen molar-refractivity contribution in [3.05, 3.63) is 61.1 Å². The fourth-order valence-corrected chi connectivity index (χ4v) is 4.01. The van der Waals surface area contributed by atoms with Gasteiger partial charge in [0.05, 0.1) is 28.5 Å². The number of aromatic nitrogens is 4. The van der Waals surface area contributed by atoms with Crippen LogP contribution in [0.5, 0.6) is 5.75 Å². The van der Waals surface area contributed by atoms with Crippen molar-refractivity contribution in [1.29, 1.82) is 0 Å². The number of benzene rings is 2. The first-order valence-electron chi connectivity index (χ1n) is 9.14. The maximum absolute atomic E-state index is 6.35. The molecular formula is C21H17N7OS. The molecule has 0 atom stereocenters. The normalized spacial score (nSPS) is 11.0. The number of hydrogen-bond donors (Lipinski definition) is 3. The number of nitrogen functional groups attached to an aromatic ring is 1. The van der Waals surface area contributed by atoms with Crippen molar-refractivity contribution >= 4 is 60.6 Å². The summed E-state index contributed by atoms with van der Waals surface area (Å²) in [4.78, 5) is 17.6. The SMILES string of the molecule is COc1ccc2nc(Nc3ncnc(Nc4cccc5cccnc45)c3N)sc2c1. The highest BCUT2D eigenvalue weighted by atomic mass is 32.1. The van der Waals surface area contributed by atoms with Crippen molar-refractivity contribution in [2.45, 2.75) is 0 Å². The van der Waals surface area contributed by atoms with Crippen molar-refractivity contribution in [2.75, 3.05) is 23.5 Å². The molecule has 3 aromatic heterocycles. The van der Waals surface area contributed by atoms with E-state index in [1.165, 1.54) is 17.7 Å². The van der Waals surface area contributed by atoms with E-state index < -0.39 is 0 Å². The molecule has 0 radical (unpaired) electrons. The fourth-order valence-electron chi connectivity index (χ4n) is 3.11. The molecule has 148 valence electrons. The Morgan fingerprint density at radius 2 is 1.80 bits per heavy atom. The Balaban J connectivity index is 1.46. The summed E-state index contributed by atoms with van der Waals surface area (Å²) in [6, 6.07) is 15.6. The first kappa shape index (κ1) is 18.1. The molecule has 0 aliphatic carbocycles. The lowest BCUT2D eigenvalue weighted by atomic mass is 10.2. The summed E-state index contributed by atoms with van der Waals surface area (Å²) in [7, 11) is 1.64. The topological polar surface area (TPSA) is 111 Å². The largest absolute Gasteiger partial charge is 0.497 e. The predicted molar refractivity (Wildman–Crippen MR) is 121 cm³/mol. The van der Waals surface area contributed by atoms with Gasteiger partial charge in [0.25, 0.3) is 0 Å². The highest BCUT2D eigenvalue weighted by molar-refractivity contribution is 7.22. The van der Waals surface area contributed by atoms with E-state index in [2.05, 4.69) is 30.6 Å². The van der Waals surface area contributed by atoms with Crippen LogP contribution >= 0.6 is 11.3 Å². The van der Waals surface area contributed by atoms with E-state index in [1.54, 1.807) is 13.3 Å². The van der Waals surface area contributed by atoms with Crippen LogP contribution in [0.1, 0.15) is 0 Å². The number of ether oxygens (including phenoxy) is 1. The standard InChI is InChI=1S/C21H17N7OS/c1-29-13-7-8-14-16(10-13)30-21(27-14)28-20-17(22)19(24-11-25-20)26-15-6-2-4-12-5-3-9-23-18(12)15/h2-11H,22H2,1H3,(H2,24,25,26,27,28). The molecule has 0 saturated heterocycles. The zero-order valence-corrected chi connectivity index (χ0v) is 16.8. The molecule has 0 bridgehead atoms. The molecule has 0 unspecified atom stereocenters. The maximum Gasteiger partial charge on any atom is 0.189 e. The molecule has 9 heteroatoms. The van der Waals surface area contributed by atoms with Gasteiger partial charge in [-0.2, -0.15) is 0 Å². The minimum atomic E-state index is 0.391. The Hall–Kier alpha value is -3.98. The number of anilines is 5. The quantitative estimate of drug-likeness (QED) is 0.378. The number of rotatable bonds is 5. The van der Waals surface area contributed by atoms with Crippen LogP contribution in [-0.4, -0.2) is 27.0 Å². The number of thiazole rings is 1. The Bertz CT molecular complexity index is 1360. The van der Waals surface area contributed by atoms with Gasteiger partial charge in [0.15, 0.2) is 16.8 Å². The molecule has 0 aliphatic heterocycles. The number of nitrogens with two attached hydrogens (primary N) is 1. The van der Waals surface area contributed by atoms with Crippen molar-refractivity contribution in [3.63, 3.8) is 0 Å². The molecule has 0 amide bonds. The minimum Gasteiger partial charge on any atom is -0.497 e. The third-order valence-electron chi connectivity index (χ3n) is 4.59. The van der Waals surface area contributed by atoms with Gasteiger partial charge < -0.3 is 21.1 Å². The number of para-hydroxylation sites is 1. The summed E-state index contributed by atoms with van der Waals surface area (Å²) in [6.45, 7) is 0. The van der Waals surface area contributed by atoms with Crippen LogP contribution in [0, 0.1) is 0 Å². The number of methoxy groups -OCH3 is 1. The maximum atomic E-state index is 6.35. The molecule has 5 rings (SSSR count). The van der Waals surface area contributed by atoms with Crippen molar-refractivity contribution in [2.24, 2.45) is 0 Å². The molecule has 0 spiro atoms. The Morgan fingerprint density at radius 1 is 0.967 bits per heavy atom. The lowest BCUT2D eigenvalue weighted by Gasteiger charge is -2.12. The molecule has 0 aliphatic rings. The van der Waals surface area contributed by atoms with Crippen molar-refractivity contribution in [1.82, 2.24) is 19.9 Å².